The normalized spacial score (nSPS) is 7.15. The van der Waals surface area contributed by atoms with Crippen LogP contribution in [-0.4, -0.2) is 24.2 Å². The minimum absolute atomic E-state index is 0.108. The van der Waals surface area contributed by atoms with E-state index in [4.69, 9.17) is 16.7 Å². The predicted molar refractivity (Wildman–Crippen MR) is 51.7 cm³/mol. The van der Waals surface area contributed by atoms with Crippen molar-refractivity contribution in [2.24, 2.45) is 23.3 Å². The highest BCUT2D eigenvalue weighted by molar-refractivity contribution is 5.90. The van der Waals surface area contributed by atoms with Crippen LogP contribution in [0.15, 0.2) is 12.2 Å². The van der Waals surface area contributed by atoms with Crippen LogP contribution in [0.1, 0.15) is 6.92 Å². The zero-order valence-electron chi connectivity index (χ0n) is 7.79. The van der Waals surface area contributed by atoms with Gasteiger partial charge in [0.15, 0.2) is 0 Å². The van der Waals surface area contributed by atoms with Crippen LogP contribution in [0.3, 0.4) is 0 Å². The molecule has 0 heterocycles. The highest BCUT2D eigenvalue weighted by Gasteiger charge is 1.86. The number of nitrogens with two attached hydrogens (primary N) is 4. The van der Waals surface area contributed by atoms with Crippen molar-refractivity contribution in [3.63, 3.8) is 0 Å². The smallest absolute Gasteiger partial charge is 0.243 e. The molecule has 0 aromatic heterocycles. The first kappa shape index (κ1) is 17.9. The molecule has 0 rings (SSSR count). The summed E-state index contributed by atoms with van der Waals surface area (Å²) in [7, 11) is 0. The first-order valence-electron chi connectivity index (χ1n) is 3.39. The van der Waals surface area contributed by atoms with E-state index in [1.54, 1.807) is 6.92 Å². The predicted octanol–water partition coefficient (Wildman–Crippen LogP) is -2.69. The second-order valence-electron chi connectivity index (χ2n) is 1.82. The number of carbonyl (C=O) groups excluding carboxylic acids is 1. The molecule has 80 valence electrons. The Hall–Kier alpha value is -0.990. The summed E-state index contributed by atoms with van der Waals surface area (Å²) >= 11 is 0. The lowest BCUT2D eigenvalue weighted by Crippen LogP contribution is -2.24. The van der Waals surface area contributed by atoms with Crippen LogP contribution in [0, 0.1) is 0 Å². The Kier molecular flexibility index (Phi) is 23.7. The third kappa shape index (κ3) is 35.6. The molecule has 0 atom stereocenters. The minimum Gasteiger partial charge on any atom is -0.395 e. The van der Waals surface area contributed by atoms with Crippen molar-refractivity contribution in [2.75, 3.05) is 13.2 Å². The fraction of sp³-hybridized carbons (Fsp3) is 0.500. The van der Waals surface area contributed by atoms with Gasteiger partial charge in [-0.2, -0.15) is 0 Å². The third-order valence-corrected chi connectivity index (χ3v) is 0.677. The fourth-order valence-corrected chi connectivity index (χ4v) is 0.0645. The van der Waals surface area contributed by atoms with Gasteiger partial charge in [0.1, 0.15) is 0 Å². The molecule has 1 amide bonds. The van der Waals surface area contributed by atoms with Gasteiger partial charge < -0.3 is 10.8 Å². The number of hydrazine groups is 2. The lowest BCUT2D eigenvalue weighted by Gasteiger charge is -1.84. The van der Waals surface area contributed by atoms with Gasteiger partial charge in [0, 0.05) is 12.1 Å². The monoisotopic (exact) mass is 193 g/mol. The molecule has 10 N–H and O–H groups in total. The Labute approximate surface area is 77.7 Å². The van der Waals surface area contributed by atoms with Crippen molar-refractivity contribution >= 4 is 5.91 Å². The van der Waals surface area contributed by atoms with Crippen molar-refractivity contribution in [3.05, 3.63) is 12.2 Å². The van der Waals surface area contributed by atoms with Crippen LogP contribution >= 0.6 is 0 Å². The minimum atomic E-state index is -0.435. The van der Waals surface area contributed by atoms with Crippen LogP contribution in [0.2, 0.25) is 0 Å². The maximum absolute atomic E-state index is 9.82. The number of hydrogen-bond donors (Lipinski definition) is 6. The number of carbonyl (C=O) groups is 1. The third-order valence-electron chi connectivity index (χ3n) is 0.677. The Balaban J connectivity index is -0.000000131. The van der Waals surface area contributed by atoms with Gasteiger partial charge in [-0.25, -0.2) is 0 Å². The van der Waals surface area contributed by atoms with E-state index in [2.05, 4.69) is 23.7 Å². The number of hydrogen-bond acceptors (Lipinski definition) is 6. The highest BCUT2D eigenvalue weighted by atomic mass is 16.3. The maximum atomic E-state index is 9.82. The summed E-state index contributed by atoms with van der Waals surface area (Å²) in [5.74, 6) is 12.3. The SMILES string of the molecule is C=C(C)C(N)=O.NN.NNCCO. The van der Waals surface area contributed by atoms with E-state index in [-0.39, 0.29) is 6.61 Å². The van der Waals surface area contributed by atoms with Gasteiger partial charge in [-0.3, -0.25) is 27.7 Å². The Morgan fingerprint density at radius 3 is 1.85 bits per heavy atom. The lowest BCUT2D eigenvalue weighted by atomic mass is 10.3. The van der Waals surface area contributed by atoms with Crippen LogP contribution in [-0.2, 0) is 4.79 Å². The quantitative estimate of drug-likeness (QED) is 0.163. The van der Waals surface area contributed by atoms with Crippen LogP contribution in [0.25, 0.3) is 0 Å². The van der Waals surface area contributed by atoms with Crippen molar-refractivity contribution in [3.8, 4) is 0 Å². The Morgan fingerprint density at radius 1 is 1.54 bits per heavy atom. The summed E-state index contributed by atoms with van der Waals surface area (Å²) in [6.07, 6.45) is 0. The van der Waals surface area contributed by atoms with Gasteiger partial charge in [0.05, 0.1) is 6.61 Å². The van der Waals surface area contributed by atoms with E-state index in [0.29, 0.717) is 12.1 Å². The van der Waals surface area contributed by atoms with Crippen LogP contribution in [0.5, 0.6) is 0 Å². The molecule has 0 aliphatic heterocycles. The molecule has 0 aliphatic rings. The first-order valence-corrected chi connectivity index (χ1v) is 3.39. The number of primary amides is 1. The zero-order chi connectivity index (χ0) is 11.3. The van der Waals surface area contributed by atoms with E-state index >= 15 is 0 Å². The van der Waals surface area contributed by atoms with Crippen molar-refractivity contribution in [2.45, 2.75) is 6.92 Å². The molecule has 0 bridgehead atoms. The van der Waals surface area contributed by atoms with E-state index in [0.717, 1.165) is 0 Å². The van der Waals surface area contributed by atoms with Gasteiger partial charge in [0.25, 0.3) is 0 Å². The second kappa shape index (κ2) is 17.2. The molecule has 0 aromatic carbocycles. The summed E-state index contributed by atoms with van der Waals surface area (Å²) in [6, 6.07) is 0. The lowest BCUT2D eigenvalue weighted by molar-refractivity contribution is -0.114. The number of nitrogens with one attached hydrogen (secondary N) is 1. The number of aliphatic hydroxyl groups excluding tert-OH is 1. The van der Waals surface area contributed by atoms with Gasteiger partial charge >= 0.3 is 0 Å². The van der Waals surface area contributed by atoms with Crippen LogP contribution in [0.4, 0.5) is 0 Å². The summed E-state index contributed by atoms with van der Waals surface area (Å²) in [4.78, 5) is 9.82. The Morgan fingerprint density at radius 2 is 1.85 bits per heavy atom. The van der Waals surface area contributed by atoms with Crippen molar-refractivity contribution < 1.29 is 9.90 Å². The summed E-state index contributed by atoms with van der Waals surface area (Å²) in [6.45, 7) is 5.43. The van der Waals surface area contributed by atoms with E-state index in [9.17, 15) is 4.79 Å². The highest BCUT2D eigenvalue weighted by Crippen LogP contribution is 1.78. The molecular formula is C6H19N5O2. The first-order chi connectivity index (χ1) is 6.06. The molecule has 0 unspecified atom stereocenters. The van der Waals surface area contributed by atoms with Gasteiger partial charge in [-0.15, -0.1) is 0 Å². The van der Waals surface area contributed by atoms with E-state index < -0.39 is 5.91 Å². The van der Waals surface area contributed by atoms with Crippen molar-refractivity contribution in [1.82, 2.24) is 5.43 Å². The Bertz CT molecular complexity index is 114. The second-order valence-corrected chi connectivity index (χ2v) is 1.82. The molecule has 0 spiro atoms. The fourth-order valence-electron chi connectivity index (χ4n) is 0.0645. The number of aliphatic hydroxyl groups is 1. The molecule has 7 heteroatoms. The average molecular weight is 193 g/mol. The number of amides is 1. The number of rotatable bonds is 3. The van der Waals surface area contributed by atoms with Gasteiger partial charge in [-0.05, 0) is 6.92 Å². The molecule has 0 aromatic rings. The molecule has 0 aliphatic carbocycles. The van der Waals surface area contributed by atoms with E-state index in [1.165, 1.54) is 0 Å². The molecular weight excluding hydrogens is 174 g/mol. The maximum Gasteiger partial charge on any atom is 0.243 e. The molecule has 7 nitrogen and oxygen atoms in total. The summed E-state index contributed by atoms with van der Waals surface area (Å²) in [5.41, 5.74) is 7.36. The molecule has 0 saturated carbocycles. The van der Waals surface area contributed by atoms with Gasteiger partial charge in [0.2, 0.25) is 5.91 Å². The molecule has 13 heavy (non-hydrogen) atoms. The molecule has 0 fully saturated rings. The van der Waals surface area contributed by atoms with Gasteiger partial charge in [-0.1, -0.05) is 6.58 Å². The zero-order valence-corrected chi connectivity index (χ0v) is 7.79. The topological polar surface area (TPSA) is 153 Å². The average Bonchev–Trinajstić information content (AvgIpc) is 2.10. The van der Waals surface area contributed by atoms with Crippen molar-refractivity contribution in [1.29, 1.82) is 0 Å². The largest absolute Gasteiger partial charge is 0.395 e. The standard InChI is InChI=1S/C4H7NO.C2H8N2O.H4N2/c1-3(2)4(5)6;3-4-1-2-5;1-2/h1H2,2H3,(H2,5,6);4-5H,1-3H2;1-2H2. The molecule has 0 radical (unpaired) electrons. The summed E-state index contributed by atoms with van der Waals surface area (Å²) in [5, 5.41) is 7.92. The molecule has 0 saturated heterocycles. The summed E-state index contributed by atoms with van der Waals surface area (Å²) < 4.78 is 0. The van der Waals surface area contributed by atoms with E-state index in [1.807, 2.05) is 0 Å². The van der Waals surface area contributed by atoms with Crippen LogP contribution < -0.4 is 28.7 Å².